The average molecular weight is 426 g/mol. The molecule has 0 saturated heterocycles. The minimum absolute atomic E-state index is 0.00221. The number of aliphatic carboxylic acids is 1. The molecule has 11 heteroatoms. The Morgan fingerprint density at radius 3 is 2.71 bits per heavy atom. The standard InChI is InChI=1S/C17H20ClN5O4S/c18-23(17(19)20)15-9-21-8-10-7-11(5-6-12(10)15)28(26,27)22-14-4-2-1-3-13(14)16(24)25/h5-9,13-14,22H,1-4H2,(H3,19,20)(H,24,25). The fraction of sp³-hybridized carbons (Fsp3) is 0.353. The van der Waals surface area contributed by atoms with E-state index in [1.165, 1.54) is 24.5 Å². The van der Waals surface area contributed by atoms with Crippen LogP contribution in [0.2, 0.25) is 0 Å². The van der Waals surface area contributed by atoms with E-state index in [-0.39, 0.29) is 4.90 Å². The Bertz CT molecular complexity index is 1030. The van der Waals surface area contributed by atoms with E-state index in [9.17, 15) is 18.3 Å². The van der Waals surface area contributed by atoms with Crippen LogP contribution >= 0.6 is 11.8 Å². The fourth-order valence-corrected chi connectivity index (χ4v) is 4.91. The molecule has 28 heavy (non-hydrogen) atoms. The second-order valence-electron chi connectivity index (χ2n) is 6.66. The third-order valence-corrected chi connectivity index (χ3v) is 6.68. The summed E-state index contributed by atoms with van der Waals surface area (Å²) in [5, 5.41) is 17.9. The quantitative estimate of drug-likeness (QED) is 0.325. The van der Waals surface area contributed by atoms with Crippen LogP contribution < -0.4 is 14.9 Å². The number of carboxylic acid groups (broad SMARTS) is 1. The Morgan fingerprint density at radius 1 is 1.32 bits per heavy atom. The molecule has 2 atom stereocenters. The van der Waals surface area contributed by atoms with Crippen LogP contribution in [0.5, 0.6) is 0 Å². The number of benzene rings is 1. The Labute approximate surface area is 167 Å². The molecule has 9 nitrogen and oxygen atoms in total. The molecule has 1 aliphatic carbocycles. The molecule has 2 aromatic rings. The third kappa shape index (κ3) is 4.03. The van der Waals surface area contributed by atoms with Gasteiger partial charge in [-0.05, 0) is 25.0 Å². The number of hydrogen-bond acceptors (Lipinski definition) is 5. The van der Waals surface area contributed by atoms with Crippen molar-refractivity contribution in [1.82, 2.24) is 9.71 Å². The maximum Gasteiger partial charge on any atom is 0.308 e. The summed E-state index contributed by atoms with van der Waals surface area (Å²) in [6.45, 7) is 0. The molecule has 1 aromatic carbocycles. The zero-order valence-electron chi connectivity index (χ0n) is 14.8. The molecule has 0 amide bonds. The van der Waals surface area contributed by atoms with Gasteiger partial charge in [-0.3, -0.25) is 15.2 Å². The Balaban J connectivity index is 1.94. The van der Waals surface area contributed by atoms with Gasteiger partial charge in [-0.25, -0.2) is 17.6 Å². The molecule has 1 heterocycles. The Hall–Kier alpha value is -2.43. The van der Waals surface area contributed by atoms with E-state index < -0.39 is 33.9 Å². The van der Waals surface area contributed by atoms with Crippen LogP contribution in [-0.4, -0.2) is 36.5 Å². The van der Waals surface area contributed by atoms with Crippen molar-refractivity contribution in [1.29, 1.82) is 5.41 Å². The van der Waals surface area contributed by atoms with Crippen LogP contribution in [0.25, 0.3) is 10.8 Å². The molecule has 0 radical (unpaired) electrons. The van der Waals surface area contributed by atoms with Crippen molar-refractivity contribution < 1.29 is 18.3 Å². The molecule has 2 unspecified atom stereocenters. The molecule has 0 spiro atoms. The predicted octanol–water partition coefficient (Wildman–Crippen LogP) is 2.01. The number of nitrogens with one attached hydrogen (secondary N) is 2. The highest BCUT2D eigenvalue weighted by atomic mass is 35.5. The SMILES string of the molecule is N=C(N)N(Cl)c1cncc2cc(S(=O)(=O)NC3CCCCC3C(=O)O)ccc12. The minimum atomic E-state index is -3.92. The maximum absolute atomic E-state index is 12.8. The molecule has 1 aliphatic rings. The number of nitrogens with two attached hydrogens (primary N) is 1. The van der Waals surface area contributed by atoms with E-state index >= 15 is 0 Å². The van der Waals surface area contributed by atoms with Gasteiger partial charge in [-0.1, -0.05) is 18.9 Å². The van der Waals surface area contributed by atoms with Crippen molar-refractivity contribution in [2.45, 2.75) is 36.6 Å². The van der Waals surface area contributed by atoms with Gasteiger partial charge in [0, 0.05) is 34.8 Å². The lowest BCUT2D eigenvalue weighted by atomic mass is 9.85. The summed E-state index contributed by atoms with van der Waals surface area (Å²) >= 11 is 5.98. The number of sulfonamides is 1. The van der Waals surface area contributed by atoms with Gasteiger partial charge < -0.3 is 10.8 Å². The summed E-state index contributed by atoms with van der Waals surface area (Å²) in [4.78, 5) is 15.4. The van der Waals surface area contributed by atoms with Gasteiger partial charge in [0.05, 0.1) is 22.7 Å². The number of anilines is 1. The van der Waals surface area contributed by atoms with E-state index in [4.69, 9.17) is 22.9 Å². The van der Waals surface area contributed by atoms with Crippen LogP contribution in [0.15, 0.2) is 35.5 Å². The lowest BCUT2D eigenvalue weighted by Gasteiger charge is -2.29. The first-order chi connectivity index (χ1) is 13.2. The predicted molar refractivity (Wildman–Crippen MR) is 106 cm³/mol. The number of carboxylic acids is 1. The zero-order chi connectivity index (χ0) is 20.5. The molecular weight excluding hydrogens is 406 g/mol. The van der Waals surface area contributed by atoms with Crippen LogP contribution in [0.4, 0.5) is 5.69 Å². The van der Waals surface area contributed by atoms with Crippen molar-refractivity contribution in [3.05, 3.63) is 30.6 Å². The highest BCUT2D eigenvalue weighted by Gasteiger charge is 2.34. The number of pyridine rings is 1. The van der Waals surface area contributed by atoms with Crippen molar-refractivity contribution in [3.8, 4) is 0 Å². The summed E-state index contributed by atoms with van der Waals surface area (Å²) < 4.78 is 29.1. The van der Waals surface area contributed by atoms with Gasteiger partial charge in [0.15, 0.2) is 0 Å². The topological polar surface area (TPSA) is 149 Å². The number of aromatic nitrogens is 1. The van der Waals surface area contributed by atoms with Gasteiger partial charge in [0.25, 0.3) is 0 Å². The number of guanidine groups is 1. The normalized spacial score (nSPS) is 20.0. The molecule has 0 aliphatic heterocycles. The molecular formula is C17H20ClN5O4S. The second kappa shape index (κ2) is 7.90. The van der Waals surface area contributed by atoms with Gasteiger partial charge in [-0.2, -0.15) is 0 Å². The number of carbonyl (C=O) groups is 1. The van der Waals surface area contributed by atoms with E-state index in [0.717, 1.165) is 17.3 Å². The highest BCUT2D eigenvalue weighted by Crippen LogP contribution is 2.30. The third-order valence-electron chi connectivity index (χ3n) is 4.83. The number of hydrogen-bond donors (Lipinski definition) is 4. The fourth-order valence-electron chi connectivity index (χ4n) is 3.43. The summed E-state index contributed by atoms with van der Waals surface area (Å²) in [6, 6.07) is 3.73. The first-order valence-electron chi connectivity index (χ1n) is 8.63. The summed E-state index contributed by atoms with van der Waals surface area (Å²) in [5.41, 5.74) is 5.74. The summed E-state index contributed by atoms with van der Waals surface area (Å²) in [6.07, 6.45) is 5.37. The van der Waals surface area contributed by atoms with E-state index in [0.29, 0.717) is 29.3 Å². The lowest BCUT2D eigenvalue weighted by Crippen LogP contribution is -2.44. The molecule has 150 valence electrons. The maximum atomic E-state index is 12.8. The Morgan fingerprint density at radius 2 is 2.04 bits per heavy atom. The van der Waals surface area contributed by atoms with E-state index in [1.807, 2.05) is 0 Å². The van der Waals surface area contributed by atoms with Crippen LogP contribution in [0.1, 0.15) is 25.7 Å². The number of fused-ring (bicyclic) bond motifs is 1. The zero-order valence-corrected chi connectivity index (χ0v) is 16.4. The first kappa shape index (κ1) is 20.3. The number of halogens is 1. The monoisotopic (exact) mass is 425 g/mol. The first-order valence-corrected chi connectivity index (χ1v) is 10.5. The van der Waals surface area contributed by atoms with E-state index in [1.54, 1.807) is 6.07 Å². The van der Waals surface area contributed by atoms with Crippen molar-refractivity contribution in [3.63, 3.8) is 0 Å². The molecule has 3 rings (SSSR count). The average Bonchev–Trinajstić information content (AvgIpc) is 2.66. The molecule has 1 saturated carbocycles. The molecule has 5 N–H and O–H groups in total. The minimum Gasteiger partial charge on any atom is -0.481 e. The van der Waals surface area contributed by atoms with Gasteiger partial charge in [0.1, 0.15) is 0 Å². The summed E-state index contributed by atoms with van der Waals surface area (Å²) in [5.74, 6) is -2.13. The Kier molecular flexibility index (Phi) is 5.73. The largest absolute Gasteiger partial charge is 0.481 e. The molecule has 1 fully saturated rings. The van der Waals surface area contributed by atoms with E-state index in [2.05, 4.69) is 9.71 Å². The lowest BCUT2D eigenvalue weighted by molar-refractivity contribution is -0.143. The number of nitrogens with zero attached hydrogens (tertiary/aromatic N) is 2. The number of rotatable bonds is 5. The summed E-state index contributed by atoms with van der Waals surface area (Å²) in [7, 11) is -3.92. The van der Waals surface area contributed by atoms with Gasteiger partial charge >= 0.3 is 5.97 Å². The van der Waals surface area contributed by atoms with Crippen molar-refractivity contribution in [2.24, 2.45) is 11.7 Å². The smallest absolute Gasteiger partial charge is 0.308 e. The van der Waals surface area contributed by atoms with Crippen LogP contribution in [0.3, 0.4) is 0 Å². The van der Waals surface area contributed by atoms with Crippen LogP contribution in [-0.2, 0) is 14.8 Å². The highest BCUT2D eigenvalue weighted by molar-refractivity contribution is 7.89. The molecule has 1 aromatic heterocycles. The van der Waals surface area contributed by atoms with Crippen molar-refractivity contribution in [2.75, 3.05) is 4.42 Å². The van der Waals surface area contributed by atoms with Crippen molar-refractivity contribution >= 4 is 50.2 Å². The second-order valence-corrected chi connectivity index (χ2v) is 8.72. The van der Waals surface area contributed by atoms with Crippen LogP contribution in [0, 0.1) is 11.3 Å². The van der Waals surface area contributed by atoms with Gasteiger partial charge in [0.2, 0.25) is 16.0 Å². The van der Waals surface area contributed by atoms with Gasteiger partial charge in [-0.15, -0.1) is 0 Å². The molecule has 0 bridgehead atoms.